The van der Waals surface area contributed by atoms with E-state index in [2.05, 4.69) is 0 Å². The van der Waals surface area contributed by atoms with Gasteiger partial charge in [-0.15, -0.1) is 0 Å². The van der Waals surface area contributed by atoms with Crippen molar-refractivity contribution in [3.8, 4) is 11.5 Å². The minimum absolute atomic E-state index is 0.0893. The maximum Gasteiger partial charge on any atom is 0.311 e. The van der Waals surface area contributed by atoms with E-state index in [9.17, 15) is 10.1 Å². The van der Waals surface area contributed by atoms with Gasteiger partial charge in [-0.2, -0.15) is 0 Å². The Kier molecular flexibility index (Phi) is 4.22. The fourth-order valence-corrected chi connectivity index (χ4v) is 1.97. The highest BCUT2D eigenvalue weighted by molar-refractivity contribution is 6.30. The lowest BCUT2D eigenvalue weighted by atomic mass is 10.2. The van der Waals surface area contributed by atoms with Gasteiger partial charge in [0.05, 0.1) is 4.92 Å². The number of hydrogen-bond donors (Lipinski definition) is 1. The van der Waals surface area contributed by atoms with E-state index in [1.165, 1.54) is 6.07 Å². The smallest absolute Gasteiger partial charge is 0.311 e. The van der Waals surface area contributed by atoms with Gasteiger partial charge >= 0.3 is 5.69 Å². The molecule has 0 aliphatic carbocycles. The summed E-state index contributed by atoms with van der Waals surface area (Å²) in [5, 5.41) is 11.6. The number of rotatable bonds is 4. The molecule has 20 heavy (non-hydrogen) atoms. The summed E-state index contributed by atoms with van der Waals surface area (Å²) in [7, 11) is 0. The van der Waals surface area contributed by atoms with Crippen LogP contribution < -0.4 is 10.5 Å². The Bertz CT molecular complexity index is 659. The van der Waals surface area contributed by atoms with Crippen molar-refractivity contribution >= 4 is 17.3 Å². The number of benzene rings is 2. The number of ether oxygens (including phenoxy) is 1. The number of aryl methyl sites for hydroxylation is 1. The molecule has 2 aromatic carbocycles. The molecule has 0 saturated heterocycles. The molecule has 6 heteroatoms. The number of nitro groups is 1. The minimum Gasteiger partial charge on any atom is -0.450 e. The lowest BCUT2D eigenvalue weighted by molar-refractivity contribution is -0.385. The minimum atomic E-state index is -0.479. The molecule has 0 amide bonds. The molecule has 2 N–H and O–H groups in total. The molecule has 104 valence electrons. The molecule has 2 aromatic rings. The second-order valence-corrected chi connectivity index (χ2v) is 4.72. The molecule has 5 nitrogen and oxygen atoms in total. The molecule has 0 aromatic heterocycles. The number of nitrogens with two attached hydrogens (primary N) is 1. The van der Waals surface area contributed by atoms with Crippen LogP contribution in [-0.4, -0.2) is 4.92 Å². The second kappa shape index (κ2) is 5.90. The summed E-state index contributed by atoms with van der Waals surface area (Å²) in [6, 6.07) is 9.68. The van der Waals surface area contributed by atoms with Crippen molar-refractivity contribution in [2.24, 2.45) is 5.73 Å². The van der Waals surface area contributed by atoms with Crippen LogP contribution in [0.5, 0.6) is 11.5 Å². The van der Waals surface area contributed by atoms with Crippen LogP contribution in [0.3, 0.4) is 0 Å². The average molecular weight is 293 g/mol. The molecule has 0 heterocycles. The number of hydrogen-bond acceptors (Lipinski definition) is 4. The maximum atomic E-state index is 11.0. The van der Waals surface area contributed by atoms with Crippen LogP contribution >= 0.6 is 11.6 Å². The van der Waals surface area contributed by atoms with Gasteiger partial charge in [0.25, 0.3) is 0 Å². The molecule has 0 atom stereocenters. The Balaban J connectivity index is 2.44. The van der Waals surface area contributed by atoms with Crippen LogP contribution in [0.2, 0.25) is 5.02 Å². The third kappa shape index (κ3) is 3.07. The van der Waals surface area contributed by atoms with Gasteiger partial charge in [-0.1, -0.05) is 17.7 Å². The lowest BCUT2D eigenvalue weighted by Gasteiger charge is -2.11. The monoisotopic (exact) mass is 292 g/mol. The highest BCUT2D eigenvalue weighted by Crippen LogP contribution is 2.34. The van der Waals surface area contributed by atoms with Crippen LogP contribution in [0.25, 0.3) is 0 Å². The summed E-state index contributed by atoms with van der Waals surface area (Å²) in [6.07, 6.45) is 0. The average Bonchev–Trinajstić information content (AvgIpc) is 2.40. The SMILES string of the molecule is Cc1ccc([N+](=O)[O-])c(Oc2ccc(Cl)cc2CN)c1. The highest BCUT2D eigenvalue weighted by Gasteiger charge is 2.16. The molecule has 0 unspecified atom stereocenters. The van der Waals surface area contributed by atoms with E-state index in [4.69, 9.17) is 22.1 Å². The summed E-state index contributed by atoms with van der Waals surface area (Å²) < 4.78 is 5.65. The Morgan fingerprint density at radius 1 is 1.25 bits per heavy atom. The van der Waals surface area contributed by atoms with Gasteiger partial charge in [-0.3, -0.25) is 10.1 Å². The normalized spacial score (nSPS) is 10.3. The third-order valence-electron chi connectivity index (χ3n) is 2.77. The first kappa shape index (κ1) is 14.3. The van der Waals surface area contributed by atoms with E-state index in [1.54, 1.807) is 30.3 Å². The predicted molar refractivity (Wildman–Crippen MR) is 77.3 cm³/mol. The van der Waals surface area contributed by atoms with E-state index in [0.717, 1.165) is 5.56 Å². The van der Waals surface area contributed by atoms with Gasteiger partial charge < -0.3 is 10.5 Å². The van der Waals surface area contributed by atoms with Crippen molar-refractivity contribution in [2.75, 3.05) is 0 Å². The number of nitro benzene ring substituents is 1. The maximum absolute atomic E-state index is 11.0. The van der Waals surface area contributed by atoms with Gasteiger partial charge in [0.2, 0.25) is 5.75 Å². The van der Waals surface area contributed by atoms with E-state index < -0.39 is 4.92 Å². The molecular formula is C14H13ClN2O3. The van der Waals surface area contributed by atoms with Gasteiger partial charge in [0.1, 0.15) is 5.75 Å². The molecule has 0 saturated carbocycles. The van der Waals surface area contributed by atoms with Gasteiger partial charge in [-0.25, -0.2) is 0 Å². The van der Waals surface area contributed by atoms with Crippen LogP contribution in [0.1, 0.15) is 11.1 Å². The van der Waals surface area contributed by atoms with Gasteiger partial charge in [-0.05, 0) is 36.8 Å². The zero-order valence-corrected chi connectivity index (χ0v) is 11.6. The van der Waals surface area contributed by atoms with Crippen molar-refractivity contribution < 1.29 is 9.66 Å². The Hall–Kier alpha value is -2.11. The van der Waals surface area contributed by atoms with Crippen LogP contribution in [0.15, 0.2) is 36.4 Å². The van der Waals surface area contributed by atoms with Crippen LogP contribution in [0, 0.1) is 17.0 Å². The zero-order valence-electron chi connectivity index (χ0n) is 10.8. The standard InChI is InChI=1S/C14H13ClN2O3/c1-9-2-4-12(17(18)19)14(6-9)20-13-5-3-11(15)7-10(13)8-16/h2-7H,8,16H2,1H3. The first-order chi connectivity index (χ1) is 9.51. The van der Waals surface area contributed by atoms with E-state index in [0.29, 0.717) is 16.3 Å². The van der Waals surface area contributed by atoms with E-state index >= 15 is 0 Å². The summed E-state index contributed by atoms with van der Waals surface area (Å²) in [6.45, 7) is 2.07. The molecule has 0 fully saturated rings. The predicted octanol–water partition coefficient (Wildman–Crippen LogP) is 3.81. The summed E-state index contributed by atoms with van der Waals surface area (Å²) in [4.78, 5) is 10.5. The topological polar surface area (TPSA) is 78.4 Å². The Morgan fingerprint density at radius 2 is 2.00 bits per heavy atom. The molecule has 0 aliphatic rings. The molecule has 0 radical (unpaired) electrons. The first-order valence-electron chi connectivity index (χ1n) is 5.92. The zero-order chi connectivity index (χ0) is 14.7. The van der Waals surface area contributed by atoms with Crippen molar-refractivity contribution in [3.63, 3.8) is 0 Å². The van der Waals surface area contributed by atoms with E-state index in [-0.39, 0.29) is 18.0 Å². The Labute approximate surface area is 121 Å². The number of nitrogens with zero attached hydrogens (tertiary/aromatic N) is 1. The Morgan fingerprint density at radius 3 is 2.65 bits per heavy atom. The van der Waals surface area contributed by atoms with Gasteiger partial charge in [0.15, 0.2) is 0 Å². The molecule has 2 rings (SSSR count). The summed E-state index contributed by atoms with van der Waals surface area (Å²) in [5.41, 5.74) is 7.10. The number of halogens is 1. The summed E-state index contributed by atoms with van der Waals surface area (Å²) in [5.74, 6) is 0.651. The van der Waals surface area contributed by atoms with Crippen molar-refractivity contribution in [1.29, 1.82) is 0 Å². The van der Waals surface area contributed by atoms with Crippen LogP contribution in [0.4, 0.5) is 5.69 Å². The fourth-order valence-electron chi connectivity index (χ4n) is 1.78. The lowest BCUT2D eigenvalue weighted by Crippen LogP contribution is -2.00. The first-order valence-corrected chi connectivity index (χ1v) is 6.30. The quantitative estimate of drug-likeness (QED) is 0.686. The molecule has 0 bridgehead atoms. The van der Waals surface area contributed by atoms with E-state index in [1.807, 2.05) is 6.92 Å². The molecule has 0 aliphatic heterocycles. The fraction of sp³-hybridized carbons (Fsp3) is 0.143. The van der Waals surface area contributed by atoms with Crippen LogP contribution in [-0.2, 0) is 6.54 Å². The largest absolute Gasteiger partial charge is 0.450 e. The molecule has 0 spiro atoms. The van der Waals surface area contributed by atoms with Crippen molar-refractivity contribution in [3.05, 3.63) is 62.7 Å². The van der Waals surface area contributed by atoms with Crippen molar-refractivity contribution in [1.82, 2.24) is 0 Å². The summed E-state index contributed by atoms with van der Waals surface area (Å²) >= 11 is 5.89. The van der Waals surface area contributed by atoms with Gasteiger partial charge in [0, 0.05) is 23.2 Å². The third-order valence-corrected chi connectivity index (χ3v) is 3.01. The highest BCUT2D eigenvalue weighted by atomic mass is 35.5. The van der Waals surface area contributed by atoms with Crippen molar-refractivity contribution in [2.45, 2.75) is 13.5 Å². The second-order valence-electron chi connectivity index (χ2n) is 4.29. The molecular weight excluding hydrogens is 280 g/mol.